The van der Waals surface area contributed by atoms with Gasteiger partial charge in [-0.25, -0.2) is 0 Å². The van der Waals surface area contributed by atoms with Crippen molar-refractivity contribution in [3.8, 4) is 28.2 Å². The first-order valence-electron chi connectivity index (χ1n) is 17.5. The van der Waals surface area contributed by atoms with Gasteiger partial charge in [-0.05, 0) is 83.9 Å². The molecule has 0 aliphatic carbocycles. The predicted octanol–water partition coefficient (Wildman–Crippen LogP) is 12.6. The summed E-state index contributed by atoms with van der Waals surface area (Å²) >= 11 is 0. The number of benzene rings is 8. The highest BCUT2D eigenvalue weighted by Crippen LogP contribution is 2.47. The molecule has 0 bridgehead atoms. The quantitative estimate of drug-likeness (QED) is 0.180. The van der Waals surface area contributed by atoms with Crippen molar-refractivity contribution in [2.24, 2.45) is 0 Å². The van der Waals surface area contributed by atoms with Gasteiger partial charge in [0.05, 0.1) is 33.1 Å². The number of rotatable bonds is 4. The van der Waals surface area contributed by atoms with E-state index in [4.69, 9.17) is 0 Å². The second kappa shape index (κ2) is 10.8. The Morgan fingerprint density at radius 1 is 0.216 bits per heavy atom. The Hall–Kier alpha value is -6.84. The van der Waals surface area contributed by atoms with Gasteiger partial charge < -0.3 is 13.7 Å². The highest BCUT2D eigenvalue weighted by Gasteiger charge is 2.24. The largest absolute Gasteiger partial charge is 0.309 e. The Kier molecular flexibility index (Phi) is 5.96. The van der Waals surface area contributed by atoms with Crippen molar-refractivity contribution >= 4 is 65.4 Å². The molecule has 3 aromatic heterocycles. The van der Waals surface area contributed by atoms with Gasteiger partial charge in [-0.2, -0.15) is 0 Å². The molecular weight excluding hydrogens is 619 g/mol. The average molecular weight is 650 g/mol. The van der Waals surface area contributed by atoms with Gasteiger partial charge in [-0.15, -0.1) is 0 Å². The molecule has 0 atom stereocenters. The summed E-state index contributed by atoms with van der Waals surface area (Å²) in [5, 5.41) is 7.62. The molecule has 51 heavy (non-hydrogen) atoms. The van der Waals surface area contributed by atoms with Gasteiger partial charge in [0.25, 0.3) is 0 Å². The molecule has 0 radical (unpaired) electrons. The van der Waals surface area contributed by atoms with Crippen molar-refractivity contribution in [1.29, 1.82) is 0 Å². The lowest BCUT2D eigenvalue weighted by atomic mass is 10.0. The SMILES string of the molecule is c1ccc(-c2ccc(-n3c4ccc5c(c6ccccc6n5-c5ccccc5)c4c4c5c6ccccc6n(-c6ccccc6)c5ccc43)cc2)cc1. The fourth-order valence-electron chi connectivity index (χ4n) is 8.53. The lowest BCUT2D eigenvalue weighted by molar-refractivity contribution is 1.17. The molecule has 3 heterocycles. The second-order valence-corrected chi connectivity index (χ2v) is 13.3. The van der Waals surface area contributed by atoms with Crippen LogP contribution in [0.2, 0.25) is 0 Å². The van der Waals surface area contributed by atoms with Crippen LogP contribution in [0, 0.1) is 0 Å². The third kappa shape index (κ3) is 4.00. The van der Waals surface area contributed by atoms with Crippen LogP contribution in [-0.2, 0) is 0 Å². The molecule has 0 saturated heterocycles. The van der Waals surface area contributed by atoms with E-state index in [9.17, 15) is 0 Å². The molecule has 3 nitrogen and oxygen atoms in total. The Balaban J connectivity index is 1.34. The molecule has 0 aliphatic rings. The van der Waals surface area contributed by atoms with Crippen molar-refractivity contribution in [2.45, 2.75) is 0 Å². The van der Waals surface area contributed by atoms with Crippen molar-refractivity contribution in [3.63, 3.8) is 0 Å². The van der Waals surface area contributed by atoms with Crippen LogP contribution < -0.4 is 0 Å². The molecule has 11 aromatic rings. The molecule has 0 fully saturated rings. The van der Waals surface area contributed by atoms with Crippen molar-refractivity contribution < 1.29 is 0 Å². The van der Waals surface area contributed by atoms with E-state index >= 15 is 0 Å². The number of nitrogens with zero attached hydrogens (tertiary/aromatic N) is 3. The number of hydrogen-bond donors (Lipinski definition) is 0. The number of aromatic nitrogens is 3. The van der Waals surface area contributed by atoms with Crippen LogP contribution in [0.3, 0.4) is 0 Å². The van der Waals surface area contributed by atoms with E-state index < -0.39 is 0 Å². The highest BCUT2D eigenvalue weighted by atomic mass is 15.0. The summed E-state index contributed by atoms with van der Waals surface area (Å²) in [6.07, 6.45) is 0. The number of fused-ring (bicyclic) bond motifs is 11. The summed E-state index contributed by atoms with van der Waals surface area (Å²) in [5.74, 6) is 0. The minimum Gasteiger partial charge on any atom is -0.309 e. The lowest BCUT2D eigenvalue weighted by Gasteiger charge is -2.10. The molecule has 11 rings (SSSR count). The van der Waals surface area contributed by atoms with Gasteiger partial charge in [-0.1, -0.05) is 115 Å². The van der Waals surface area contributed by atoms with E-state index in [1.165, 1.54) is 76.5 Å². The molecular formula is C48H31N3. The first kappa shape index (κ1) is 28.0. The molecule has 3 heteroatoms. The van der Waals surface area contributed by atoms with Crippen molar-refractivity contribution in [3.05, 3.63) is 188 Å². The van der Waals surface area contributed by atoms with Crippen LogP contribution >= 0.6 is 0 Å². The average Bonchev–Trinajstić information content (AvgIpc) is 3.84. The summed E-state index contributed by atoms with van der Waals surface area (Å²) in [6.45, 7) is 0. The second-order valence-electron chi connectivity index (χ2n) is 13.3. The lowest BCUT2D eigenvalue weighted by Crippen LogP contribution is -1.95. The Morgan fingerprint density at radius 3 is 1.02 bits per heavy atom. The highest BCUT2D eigenvalue weighted by molar-refractivity contribution is 6.36. The van der Waals surface area contributed by atoms with Gasteiger partial charge >= 0.3 is 0 Å². The van der Waals surface area contributed by atoms with Crippen LogP contribution in [0.1, 0.15) is 0 Å². The summed E-state index contributed by atoms with van der Waals surface area (Å²) < 4.78 is 7.33. The van der Waals surface area contributed by atoms with Gasteiger partial charge in [-0.3, -0.25) is 0 Å². The molecule has 8 aromatic carbocycles. The third-order valence-corrected chi connectivity index (χ3v) is 10.6. The summed E-state index contributed by atoms with van der Waals surface area (Å²) in [4.78, 5) is 0. The maximum absolute atomic E-state index is 2.47. The van der Waals surface area contributed by atoms with Gasteiger partial charge in [0.15, 0.2) is 0 Å². The molecule has 0 aliphatic heterocycles. The van der Waals surface area contributed by atoms with Crippen LogP contribution in [0.4, 0.5) is 0 Å². The van der Waals surface area contributed by atoms with Gasteiger partial charge in [0, 0.05) is 49.4 Å². The zero-order valence-electron chi connectivity index (χ0n) is 27.7. The van der Waals surface area contributed by atoms with Gasteiger partial charge in [0.1, 0.15) is 0 Å². The smallest absolute Gasteiger partial charge is 0.0549 e. The standard InChI is InChI=1S/C48H31N3/c1-4-14-32(15-5-1)33-24-26-36(27-25-33)51-43-30-28-41-45(37-20-10-12-22-39(37)49(41)34-16-6-2-7-17-34)47(43)48-44(51)31-29-42-46(48)38-21-11-13-23-40(38)50(42)35-18-8-3-9-19-35/h1-31H. The zero-order chi connectivity index (χ0) is 33.5. The van der Waals surface area contributed by atoms with E-state index in [-0.39, 0.29) is 0 Å². The Morgan fingerprint density at radius 2 is 0.549 bits per heavy atom. The molecule has 0 amide bonds. The fraction of sp³-hybridized carbons (Fsp3) is 0. The van der Waals surface area contributed by atoms with Crippen LogP contribution in [-0.4, -0.2) is 13.7 Å². The van der Waals surface area contributed by atoms with E-state index in [0.29, 0.717) is 0 Å². The van der Waals surface area contributed by atoms with Gasteiger partial charge in [0.2, 0.25) is 0 Å². The monoisotopic (exact) mass is 649 g/mol. The maximum Gasteiger partial charge on any atom is 0.0549 e. The Bertz CT molecular complexity index is 2920. The fourth-order valence-corrected chi connectivity index (χ4v) is 8.53. The summed E-state index contributed by atoms with van der Waals surface area (Å²) in [7, 11) is 0. The van der Waals surface area contributed by atoms with Crippen LogP contribution in [0.25, 0.3) is 93.6 Å². The minimum absolute atomic E-state index is 1.15. The topological polar surface area (TPSA) is 14.8 Å². The minimum atomic E-state index is 1.15. The normalized spacial score (nSPS) is 11.9. The molecule has 0 N–H and O–H groups in total. The zero-order valence-corrected chi connectivity index (χ0v) is 27.7. The van der Waals surface area contributed by atoms with E-state index in [1.54, 1.807) is 0 Å². The number of para-hydroxylation sites is 4. The summed E-state index contributed by atoms with van der Waals surface area (Å²) in [5.41, 5.74) is 13.1. The van der Waals surface area contributed by atoms with E-state index in [0.717, 1.165) is 17.1 Å². The first-order valence-corrected chi connectivity index (χ1v) is 17.5. The number of hydrogen-bond acceptors (Lipinski definition) is 0. The van der Waals surface area contributed by atoms with Crippen LogP contribution in [0.5, 0.6) is 0 Å². The molecule has 0 unspecified atom stereocenters. The predicted molar refractivity (Wildman–Crippen MR) is 215 cm³/mol. The molecule has 0 saturated carbocycles. The maximum atomic E-state index is 2.47. The summed E-state index contributed by atoms with van der Waals surface area (Å²) in [6, 6.07) is 68.3. The van der Waals surface area contributed by atoms with E-state index in [1.807, 2.05) is 0 Å². The molecule has 0 spiro atoms. The van der Waals surface area contributed by atoms with E-state index in [2.05, 4.69) is 202 Å². The third-order valence-electron chi connectivity index (χ3n) is 10.6. The first-order chi connectivity index (χ1) is 25.3. The molecule has 238 valence electrons. The van der Waals surface area contributed by atoms with Crippen LogP contribution in [0.15, 0.2) is 188 Å². The van der Waals surface area contributed by atoms with Crippen molar-refractivity contribution in [1.82, 2.24) is 13.7 Å². The van der Waals surface area contributed by atoms with Crippen molar-refractivity contribution in [2.75, 3.05) is 0 Å². The Labute approximate surface area is 294 Å².